The van der Waals surface area contributed by atoms with E-state index >= 15 is 0 Å². The van der Waals surface area contributed by atoms with Crippen molar-refractivity contribution < 1.29 is 9.47 Å². The number of nitrogens with one attached hydrogen (secondary N) is 1. The van der Waals surface area contributed by atoms with Gasteiger partial charge in [-0.1, -0.05) is 5.92 Å². The Morgan fingerprint density at radius 2 is 1.84 bits per heavy atom. The molecule has 1 N–H and O–H groups in total. The van der Waals surface area contributed by atoms with Gasteiger partial charge in [-0.2, -0.15) is 5.10 Å². The zero-order valence-electron chi connectivity index (χ0n) is 20.0. The molecule has 5 aromatic rings. The Labute approximate surface area is 212 Å². The Hall–Kier alpha value is -4.88. The van der Waals surface area contributed by atoms with Crippen LogP contribution in [-0.4, -0.2) is 55.4 Å². The van der Waals surface area contributed by atoms with Gasteiger partial charge >= 0.3 is 0 Å². The van der Waals surface area contributed by atoms with Crippen LogP contribution in [0.25, 0.3) is 22.4 Å². The fourth-order valence-corrected chi connectivity index (χ4v) is 4.04. The van der Waals surface area contributed by atoms with Crippen LogP contribution in [-0.2, 0) is 17.8 Å². The number of anilines is 1. The van der Waals surface area contributed by atoms with Gasteiger partial charge < -0.3 is 14.4 Å². The number of H-pyrrole nitrogens is 1. The third-order valence-electron chi connectivity index (χ3n) is 5.90. The molecule has 6 rings (SSSR count). The first-order valence-corrected chi connectivity index (χ1v) is 11.7. The van der Waals surface area contributed by atoms with Crippen molar-refractivity contribution in [2.75, 3.05) is 25.2 Å². The second-order valence-corrected chi connectivity index (χ2v) is 8.42. The van der Waals surface area contributed by atoms with Gasteiger partial charge in [0.2, 0.25) is 11.8 Å². The molecule has 1 aliphatic rings. The predicted octanol–water partition coefficient (Wildman–Crippen LogP) is 3.15. The molecule has 4 aromatic heterocycles. The van der Waals surface area contributed by atoms with E-state index in [2.05, 4.69) is 46.9 Å². The fraction of sp³-hybridized carbons (Fsp3) is 0.185. The third-order valence-corrected chi connectivity index (χ3v) is 5.90. The Kier molecular flexibility index (Phi) is 6.10. The molecule has 10 heteroatoms. The van der Waals surface area contributed by atoms with E-state index in [0.717, 1.165) is 27.6 Å². The van der Waals surface area contributed by atoms with Crippen LogP contribution >= 0.6 is 0 Å². The van der Waals surface area contributed by atoms with Crippen LogP contribution in [0.2, 0.25) is 0 Å². The number of pyridine rings is 1. The molecule has 0 atom stereocenters. The number of aromatic amines is 1. The van der Waals surface area contributed by atoms with Crippen molar-refractivity contribution in [2.45, 2.75) is 13.1 Å². The van der Waals surface area contributed by atoms with Gasteiger partial charge in [0.15, 0.2) is 5.82 Å². The van der Waals surface area contributed by atoms with Crippen molar-refractivity contribution in [3.63, 3.8) is 0 Å². The average molecular weight is 491 g/mol. The van der Waals surface area contributed by atoms with Crippen LogP contribution in [0.3, 0.4) is 0 Å². The monoisotopic (exact) mass is 490 g/mol. The molecule has 0 spiro atoms. The van der Waals surface area contributed by atoms with Crippen LogP contribution in [0, 0.1) is 11.8 Å². The lowest BCUT2D eigenvalue weighted by molar-refractivity contribution is 0.143. The molecular formula is C27H22N8O2. The van der Waals surface area contributed by atoms with Gasteiger partial charge in [0.05, 0.1) is 18.3 Å². The molecular weight excluding hydrogens is 468 g/mol. The van der Waals surface area contributed by atoms with Gasteiger partial charge in [0.25, 0.3) is 0 Å². The first-order chi connectivity index (χ1) is 18.2. The number of fused-ring (bicyclic) bond motifs is 2. The average Bonchev–Trinajstić information content (AvgIpc) is 3.59. The lowest BCUT2D eigenvalue weighted by Crippen LogP contribution is -2.17. The molecule has 37 heavy (non-hydrogen) atoms. The van der Waals surface area contributed by atoms with Crippen molar-refractivity contribution in [1.29, 1.82) is 0 Å². The Morgan fingerprint density at radius 3 is 2.78 bits per heavy atom. The quantitative estimate of drug-likeness (QED) is 0.283. The van der Waals surface area contributed by atoms with Gasteiger partial charge in [-0.3, -0.25) is 5.10 Å². The number of benzene rings is 1. The van der Waals surface area contributed by atoms with Crippen molar-refractivity contribution in [3.8, 4) is 29.2 Å². The summed E-state index contributed by atoms with van der Waals surface area (Å²) in [4.78, 5) is 24.7. The smallest absolute Gasteiger partial charge is 0.226 e. The summed E-state index contributed by atoms with van der Waals surface area (Å²) in [7, 11) is 1.64. The largest absolute Gasteiger partial charge is 0.475 e. The van der Waals surface area contributed by atoms with Crippen LogP contribution in [0.15, 0.2) is 61.2 Å². The minimum Gasteiger partial charge on any atom is -0.475 e. The maximum absolute atomic E-state index is 5.65. The summed E-state index contributed by atoms with van der Waals surface area (Å²) in [5.41, 5.74) is 5.36. The second kappa shape index (κ2) is 10.0. The molecule has 0 aliphatic carbocycles. The highest BCUT2D eigenvalue weighted by Gasteiger charge is 2.23. The molecule has 1 aromatic carbocycles. The number of methoxy groups -OCH3 is 1. The summed E-state index contributed by atoms with van der Waals surface area (Å²) in [5.74, 6) is 7.96. The van der Waals surface area contributed by atoms with E-state index in [4.69, 9.17) is 14.5 Å². The number of aromatic nitrogens is 7. The van der Waals surface area contributed by atoms with Crippen molar-refractivity contribution in [3.05, 3.63) is 83.6 Å². The molecule has 0 saturated heterocycles. The minimum atomic E-state index is 0.459. The predicted molar refractivity (Wildman–Crippen MR) is 137 cm³/mol. The molecule has 0 radical (unpaired) electrons. The molecule has 0 amide bonds. The summed E-state index contributed by atoms with van der Waals surface area (Å²) < 4.78 is 10.7. The lowest BCUT2D eigenvalue weighted by atomic mass is 10.1. The van der Waals surface area contributed by atoms with E-state index in [1.54, 1.807) is 37.8 Å². The van der Waals surface area contributed by atoms with Gasteiger partial charge in [0.1, 0.15) is 18.0 Å². The van der Waals surface area contributed by atoms with Gasteiger partial charge in [0, 0.05) is 55.8 Å². The number of nitrogens with zero attached hydrogens (tertiary/aromatic N) is 7. The maximum Gasteiger partial charge on any atom is 0.226 e. The lowest BCUT2D eigenvalue weighted by Gasteiger charge is -2.15. The summed E-state index contributed by atoms with van der Waals surface area (Å²) >= 11 is 0. The molecule has 0 bridgehead atoms. The molecule has 0 fully saturated rings. The van der Waals surface area contributed by atoms with Crippen LogP contribution in [0.4, 0.5) is 5.95 Å². The summed E-state index contributed by atoms with van der Waals surface area (Å²) in [6, 6.07) is 11.4. The zero-order chi connectivity index (χ0) is 25.0. The molecule has 0 unspecified atom stereocenters. The normalized spacial score (nSPS) is 12.3. The third kappa shape index (κ3) is 4.94. The van der Waals surface area contributed by atoms with E-state index in [0.29, 0.717) is 55.3 Å². The maximum atomic E-state index is 5.65. The molecule has 182 valence electrons. The van der Waals surface area contributed by atoms with E-state index in [1.165, 1.54) is 0 Å². The Morgan fingerprint density at radius 1 is 0.919 bits per heavy atom. The highest BCUT2D eigenvalue weighted by Crippen LogP contribution is 2.28. The van der Waals surface area contributed by atoms with Crippen molar-refractivity contribution >= 4 is 16.9 Å². The minimum absolute atomic E-state index is 0.459. The number of hydrogen-bond acceptors (Lipinski definition) is 9. The van der Waals surface area contributed by atoms with E-state index < -0.39 is 0 Å². The van der Waals surface area contributed by atoms with Crippen LogP contribution in [0.1, 0.15) is 22.4 Å². The van der Waals surface area contributed by atoms with Crippen molar-refractivity contribution in [2.24, 2.45) is 0 Å². The first-order valence-electron chi connectivity index (χ1n) is 11.7. The Balaban J connectivity index is 1.19. The highest BCUT2D eigenvalue weighted by molar-refractivity contribution is 5.79. The standard InChI is InChI=1S/C27H22N8O2/c1-36-10-11-37-25-13-20-16-35(17-21(20)14-30-25)27-29-9-7-24(33-27)26-28-8-6-22(32-26)4-2-18-3-5-23-19(12-18)15-31-34-23/h3,5-9,12-15H,10-11,16-17H2,1H3,(H,31,34). The van der Waals surface area contributed by atoms with E-state index in [1.807, 2.05) is 30.5 Å². The highest BCUT2D eigenvalue weighted by atomic mass is 16.5. The number of rotatable bonds is 6. The van der Waals surface area contributed by atoms with Crippen molar-refractivity contribution in [1.82, 2.24) is 35.1 Å². The van der Waals surface area contributed by atoms with E-state index in [9.17, 15) is 0 Å². The van der Waals surface area contributed by atoms with Gasteiger partial charge in [-0.15, -0.1) is 0 Å². The number of ether oxygens (including phenoxy) is 2. The Bertz CT molecular complexity index is 1640. The molecule has 0 saturated carbocycles. The fourth-order valence-electron chi connectivity index (χ4n) is 4.04. The van der Waals surface area contributed by atoms with Gasteiger partial charge in [-0.05, 0) is 47.4 Å². The summed E-state index contributed by atoms with van der Waals surface area (Å²) in [5, 5.41) is 8.00. The zero-order valence-corrected chi connectivity index (χ0v) is 20.0. The molecule has 5 heterocycles. The van der Waals surface area contributed by atoms with E-state index in [-0.39, 0.29) is 0 Å². The summed E-state index contributed by atoms with van der Waals surface area (Å²) in [6.45, 7) is 2.30. The van der Waals surface area contributed by atoms with Gasteiger partial charge in [-0.25, -0.2) is 24.9 Å². The number of hydrogen-bond donors (Lipinski definition) is 1. The first kappa shape index (κ1) is 22.6. The summed E-state index contributed by atoms with van der Waals surface area (Å²) in [6.07, 6.45) is 7.04. The SMILES string of the molecule is COCCOc1cc2c(cn1)CN(c1nccc(-c3nccc(C#Cc4ccc5[nH]ncc5c4)n3)n1)C2. The topological polar surface area (TPSA) is 115 Å². The van der Waals surface area contributed by atoms with Crippen LogP contribution in [0.5, 0.6) is 5.88 Å². The van der Waals surface area contributed by atoms with Crippen LogP contribution < -0.4 is 9.64 Å². The molecule has 1 aliphatic heterocycles. The molecule has 10 nitrogen and oxygen atoms in total. The second-order valence-electron chi connectivity index (χ2n) is 8.42.